The molecule has 0 saturated heterocycles. The van der Waals surface area contributed by atoms with Gasteiger partial charge in [-0.1, -0.05) is 35.9 Å². The minimum Gasteiger partial charge on any atom is -0.478 e. The third-order valence-electron chi connectivity index (χ3n) is 5.19. The Hall–Kier alpha value is -3.38. The second-order valence-electron chi connectivity index (χ2n) is 7.24. The molecule has 1 saturated carbocycles. The molecule has 5 nitrogen and oxygen atoms in total. The number of ether oxygens (including phenoxy) is 1. The molecule has 0 amide bonds. The molecule has 150 valence electrons. The average Bonchev–Trinajstić information content (AvgIpc) is 3.52. The molecule has 1 aliphatic rings. The van der Waals surface area contributed by atoms with E-state index >= 15 is 0 Å². The summed E-state index contributed by atoms with van der Waals surface area (Å²) >= 11 is 6.42. The smallest absolute Gasteiger partial charge is 0.335 e. The number of aromatic carboxylic acids is 1. The second-order valence-corrected chi connectivity index (χ2v) is 7.65. The number of rotatable bonds is 5. The number of hydrogen-bond acceptors (Lipinski definition) is 3. The van der Waals surface area contributed by atoms with Crippen LogP contribution in [0.3, 0.4) is 0 Å². The van der Waals surface area contributed by atoms with Crippen LogP contribution in [0.4, 0.5) is 4.39 Å². The third-order valence-corrected chi connectivity index (χ3v) is 5.49. The Bertz CT molecular complexity index is 1300. The van der Waals surface area contributed by atoms with Crippen LogP contribution >= 0.6 is 11.6 Å². The number of hydrogen-bond donors (Lipinski definition) is 1. The monoisotopic (exact) mass is 422 g/mol. The highest BCUT2D eigenvalue weighted by Gasteiger charge is 2.29. The maximum atomic E-state index is 14.7. The minimum atomic E-state index is -1.19. The van der Waals surface area contributed by atoms with Crippen molar-refractivity contribution in [1.29, 1.82) is 0 Å². The molecule has 3 aromatic carbocycles. The molecule has 1 N–H and O–H groups in total. The van der Waals surface area contributed by atoms with E-state index in [2.05, 4.69) is 5.10 Å². The fraction of sp³-hybridized carbons (Fsp3) is 0.130. The average molecular weight is 423 g/mol. The van der Waals surface area contributed by atoms with Crippen LogP contribution in [-0.2, 0) is 0 Å². The van der Waals surface area contributed by atoms with Gasteiger partial charge in [0.15, 0.2) is 5.75 Å². The molecule has 0 spiro atoms. The van der Waals surface area contributed by atoms with Gasteiger partial charge < -0.3 is 9.84 Å². The maximum Gasteiger partial charge on any atom is 0.335 e. The van der Waals surface area contributed by atoms with Crippen LogP contribution in [0, 0.1) is 5.82 Å². The quantitative estimate of drug-likeness (QED) is 0.416. The molecule has 0 radical (unpaired) electrons. The van der Waals surface area contributed by atoms with Crippen LogP contribution in [-0.4, -0.2) is 20.9 Å². The van der Waals surface area contributed by atoms with Crippen molar-refractivity contribution in [2.24, 2.45) is 0 Å². The molecule has 0 aliphatic heterocycles. The van der Waals surface area contributed by atoms with Crippen LogP contribution in [0.15, 0.2) is 60.7 Å². The van der Waals surface area contributed by atoms with Crippen LogP contribution in [0.1, 0.15) is 34.7 Å². The normalized spacial score (nSPS) is 13.5. The summed E-state index contributed by atoms with van der Waals surface area (Å²) in [5, 5.41) is 14.8. The molecule has 0 bridgehead atoms. The van der Waals surface area contributed by atoms with Crippen molar-refractivity contribution in [3.63, 3.8) is 0 Å². The Kier molecular flexibility index (Phi) is 4.44. The lowest BCUT2D eigenvalue weighted by Crippen LogP contribution is -2.03. The van der Waals surface area contributed by atoms with Gasteiger partial charge in [0.2, 0.25) is 5.88 Å². The highest BCUT2D eigenvalue weighted by atomic mass is 35.5. The fourth-order valence-corrected chi connectivity index (χ4v) is 3.77. The molecule has 1 fully saturated rings. The molecule has 0 atom stereocenters. The minimum absolute atomic E-state index is 0.130. The van der Waals surface area contributed by atoms with E-state index < -0.39 is 11.8 Å². The van der Waals surface area contributed by atoms with Crippen molar-refractivity contribution in [3.8, 4) is 17.3 Å². The van der Waals surface area contributed by atoms with Crippen LogP contribution < -0.4 is 4.74 Å². The highest BCUT2D eigenvalue weighted by molar-refractivity contribution is 6.32. The number of para-hydroxylation sites is 2. The van der Waals surface area contributed by atoms with E-state index in [4.69, 9.17) is 21.4 Å². The summed E-state index contributed by atoms with van der Waals surface area (Å²) in [5.74, 6) is -0.582. The Morgan fingerprint density at radius 2 is 1.93 bits per heavy atom. The number of carboxylic acids is 1. The van der Waals surface area contributed by atoms with Gasteiger partial charge >= 0.3 is 5.97 Å². The van der Waals surface area contributed by atoms with Gasteiger partial charge in [0.05, 0.1) is 21.5 Å². The predicted octanol–water partition coefficient (Wildman–Crippen LogP) is 6.19. The van der Waals surface area contributed by atoms with Gasteiger partial charge in [0.25, 0.3) is 0 Å². The zero-order valence-corrected chi connectivity index (χ0v) is 16.4. The van der Waals surface area contributed by atoms with Gasteiger partial charge in [-0.2, -0.15) is 0 Å². The largest absolute Gasteiger partial charge is 0.478 e. The van der Waals surface area contributed by atoms with Gasteiger partial charge in [0, 0.05) is 0 Å². The number of benzene rings is 3. The van der Waals surface area contributed by atoms with Gasteiger partial charge in [-0.3, -0.25) is 0 Å². The number of fused-ring (bicyclic) bond motifs is 1. The number of nitrogens with zero attached hydrogens (tertiary/aromatic N) is 2. The molecule has 4 aromatic rings. The summed E-state index contributed by atoms with van der Waals surface area (Å²) in [6.07, 6.45) is 2.18. The van der Waals surface area contributed by atoms with Crippen molar-refractivity contribution < 1.29 is 19.0 Å². The van der Waals surface area contributed by atoms with E-state index in [-0.39, 0.29) is 11.3 Å². The lowest BCUT2D eigenvalue weighted by Gasteiger charge is -2.11. The number of carbonyl (C=O) groups is 1. The van der Waals surface area contributed by atoms with E-state index in [1.807, 2.05) is 30.3 Å². The zero-order valence-electron chi connectivity index (χ0n) is 15.7. The molecule has 7 heteroatoms. The van der Waals surface area contributed by atoms with E-state index in [0.717, 1.165) is 24.5 Å². The van der Waals surface area contributed by atoms with Gasteiger partial charge in [0.1, 0.15) is 11.5 Å². The molecule has 0 unspecified atom stereocenters. The van der Waals surface area contributed by atoms with Crippen LogP contribution in [0.5, 0.6) is 11.6 Å². The SMILES string of the molecule is O=C(O)c1ccc(-n2nc(Oc3c(Cl)cccc3C3CC3)c3ccccc32)c(F)c1. The Balaban J connectivity index is 1.64. The fourth-order valence-electron chi connectivity index (χ4n) is 3.55. The summed E-state index contributed by atoms with van der Waals surface area (Å²) in [7, 11) is 0. The summed E-state index contributed by atoms with van der Waals surface area (Å²) in [4.78, 5) is 11.1. The van der Waals surface area contributed by atoms with E-state index in [1.54, 1.807) is 12.1 Å². The Labute approximate surface area is 176 Å². The summed E-state index contributed by atoms with van der Waals surface area (Å²) in [6, 6.07) is 16.7. The van der Waals surface area contributed by atoms with Gasteiger partial charge in [-0.15, -0.1) is 5.10 Å². The molecule has 1 heterocycles. The third kappa shape index (κ3) is 3.19. The maximum absolute atomic E-state index is 14.7. The molecular formula is C23H16ClFN2O3. The Morgan fingerprint density at radius 1 is 1.13 bits per heavy atom. The lowest BCUT2D eigenvalue weighted by molar-refractivity contribution is 0.0696. The number of aromatic nitrogens is 2. The summed E-state index contributed by atoms with van der Waals surface area (Å²) < 4.78 is 22.3. The zero-order chi connectivity index (χ0) is 20.8. The van der Waals surface area contributed by atoms with E-state index in [0.29, 0.717) is 33.5 Å². The van der Waals surface area contributed by atoms with Crippen molar-refractivity contribution in [2.75, 3.05) is 0 Å². The molecule has 1 aliphatic carbocycles. The van der Waals surface area contributed by atoms with Gasteiger partial charge in [-0.25, -0.2) is 13.9 Å². The van der Waals surface area contributed by atoms with E-state index in [9.17, 15) is 9.18 Å². The standard InChI is InChI=1S/C23H16ClFN2O3/c24-17-6-3-5-15(13-8-9-13)21(17)30-22-16-4-1-2-7-19(16)27(26-22)20-11-10-14(23(28)29)12-18(20)25/h1-7,10-13H,8-9H2,(H,28,29). The number of carboxylic acid groups (broad SMARTS) is 1. The van der Waals surface area contributed by atoms with Gasteiger partial charge in [-0.05, 0) is 60.7 Å². The summed E-state index contributed by atoms with van der Waals surface area (Å²) in [5.41, 5.74) is 1.68. The van der Waals surface area contributed by atoms with Crippen molar-refractivity contribution >= 4 is 28.5 Å². The van der Waals surface area contributed by atoms with Crippen molar-refractivity contribution in [1.82, 2.24) is 9.78 Å². The lowest BCUT2D eigenvalue weighted by atomic mass is 10.1. The molecule has 30 heavy (non-hydrogen) atoms. The van der Waals surface area contributed by atoms with Crippen molar-refractivity contribution in [3.05, 3.63) is 82.6 Å². The first-order valence-corrected chi connectivity index (χ1v) is 9.88. The number of halogens is 2. The molecular weight excluding hydrogens is 407 g/mol. The van der Waals surface area contributed by atoms with Crippen LogP contribution in [0.2, 0.25) is 5.02 Å². The first-order chi connectivity index (χ1) is 14.5. The first kappa shape index (κ1) is 18.6. The molecule has 1 aromatic heterocycles. The highest BCUT2D eigenvalue weighted by Crippen LogP contribution is 2.48. The summed E-state index contributed by atoms with van der Waals surface area (Å²) in [6.45, 7) is 0. The second kappa shape index (κ2) is 7.15. The predicted molar refractivity (Wildman–Crippen MR) is 111 cm³/mol. The topological polar surface area (TPSA) is 64.3 Å². The van der Waals surface area contributed by atoms with Crippen molar-refractivity contribution in [2.45, 2.75) is 18.8 Å². The molecule has 5 rings (SSSR count). The Morgan fingerprint density at radius 3 is 2.67 bits per heavy atom. The first-order valence-electron chi connectivity index (χ1n) is 9.50. The van der Waals surface area contributed by atoms with E-state index in [1.165, 1.54) is 16.8 Å². The van der Waals surface area contributed by atoms with Crippen LogP contribution in [0.25, 0.3) is 16.6 Å².